The molecule has 0 saturated carbocycles. The van der Waals surface area contributed by atoms with Gasteiger partial charge in [-0.05, 0) is 0 Å². The van der Waals surface area contributed by atoms with Gasteiger partial charge in [-0.15, -0.1) is 0 Å². The second kappa shape index (κ2) is 2.43. The number of nitrogen functional groups attached to an aromatic ring is 1. The molecule has 1 rings (SSSR count). The van der Waals surface area contributed by atoms with Crippen LogP contribution in [0, 0.1) is 0 Å². The average Bonchev–Trinajstić information content (AvgIpc) is 1.97. The highest BCUT2D eigenvalue weighted by Crippen LogP contribution is 2.05. The van der Waals surface area contributed by atoms with E-state index in [-0.39, 0.29) is 10.8 Å². The molecular formula is C5H6ClN3O2. The van der Waals surface area contributed by atoms with Crippen molar-refractivity contribution in [2.75, 3.05) is 5.73 Å². The molecule has 0 saturated heterocycles. The van der Waals surface area contributed by atoms with Crippen molar-refractivity contribution in [3.63, 3.8) is 0 Å². The van der Waals surface area contributed by atoms with Gasteiger partial charge in [0.25, 0.3) is 5.56 Å². The zero-order valence-electron chi connectivity index (χ0n) is 5.72. The van der Waals surface area contributed by atoms with Crippen LogP contribution in [0.2, 0.25) is 5.15 Å². The summed E-state index contributed by atoms with van der Waals surface area (Å²) in [5.74, 6) is 0. The number of hydrogen-bond acceptors (Lipinski definition) is 3. The zero-order valence-corrected chi connectivity index (χ0v) is 6.47. The van der Waals surface area contributed by atoms with E-state index in [1.54, 1.807) is 0 Å². The van der Waals surface area contributed by atoms with Crippen molar-refractivity contribution in [3.8, 4) is 0 Å². The molecule has 0 aliphatic heterocycles. The van der Waals surface area contributed by atoms with E-state index in [2.05, 4.69) is 4.98 Å². The SMILES string of the molecule is Cn1c(=O)[nH]c(Cl)c(N)c1=O. The van der Waals surface area contributed by atoms with Gasteiger partial charge in [-0.2, -0.15) is 0 Å². The summed E-state index contributed by atoms with van der Waals surface area (Å²) >= 11 is 5.40. The van der Waals surface area contributed by atoms with Crippen LogP contribution < -0.4 is 17.0 Å². The maximum absolute atomic E-state index is 10.9. The minimum Gasteiger partial charge on any atom is -0.392 e. The minimum absolute atomic E-state index is 0.113. The Morgan fingerprint density at radius 3 is 2.64 bits per heavy atom. The van der Waals surface area contributed by atoms with Crippen molar-refractivity contribution in [1.82, 2.24) is 9.55 Å². The van der Waals surface area contributed by atoms with E-state index in [1.807, 2.05) is 0 Å². The van der Waals surface area contributed by atoms with Gasteiger partial charge in [-0.25, -0.2) is 4.79 Å². The number of nitrogens with one attached hydrogen (secondary N) is 1. The molecule has 0 amide bonds. The second-order valence-electron chi connectivity index (χ2n) is 2.02. The summed E-state index contributed by atoms with van der Waals surface area (Å²) in [5, 5.41) is -0.113. The van der Waals surface area contributed by atoms with E-state index in [0.29, 0.717) is 0 Å². The molecule has 0 aliphatic carbocycles. The van der Waals surface area contributed by atoms with E-state index in [0.717, 1.165) is 4.57 Å². The molecule has 0 fully saturated rings. The van der Waals surface area contributed by atoms with Gasteiger partial charge >= 0.3 is 5.69 Å². The highest BCUT2D eigenvalue weighted by molar-refractivity contribution is 6.31. The minimum atomic E-state index is -0.584. The lowest BCUT2D eigenvalue weighted by Gasteiger charge is -1.98. The van der Waals surface area contributed by atoms with Crippen LogP contribution in [0.1, 0.15) is 0 Å². The molecule has 1 aromatic heterocycles. The molecule has 6 heteroatoms. The van der Waals surface area contributed by atoms with Crippen molar-refractivity contribution < 1.29 is 0 Å². The molecule has 5 nitrogen and oxygen atoms in total. The Balaban J connectivity index is 3.74. The Kier molecular flexibility index (Phi) is 1.74. The summed E-state index contributed by atoms with van der Waals surface area (Å²) in [6, 6.07) is 0. The van der Waals surface area contributed by atoms with Crippen LogP contribution in [0.5, 0.6) is 0 Å². The average molecular weight is 176 g/mol. The van der Waals surface area contributed by atoms with Crippen LogP contribution in [-0.4, -0.2) is 9.55 Å². The molecule has 1 heterocycles. The highest BCUT2D eigenvalue weighted by Gasteiger charge is 2.04. The number of halogens is 1. The van der Waals surface area contributed by atoms with Gasteiger partial charge in [0.1, 0.15) is 10.8 Å². The number of nitrogens with two attached hydrogens (primary N) is 1. The first-order chi connectivity index (χ1) is 5.04. The smallest absolute Gasteiger partial charge is 0.329 e. The number of aromatic amines is 1. The summed E-state index contributed by atoms with van der Waals surface area (Å²) in [6.07, 6.45) is 0. The van der Waals surface area contributed by atoms with Gasteiger partial charge in [-0.1, -0.05) is 11.6 Å². The number of hydrogen-bond donors (Lipinski definition) is 2. The van der Waals surface area contributed by atoms with E-state index < -0.39 is 11.2 Å². The van der Waals surface area contributed by atoms with Gasteiger partial charge in [0.15, 0.2) is 0 Å². The number of aromatic nitrogens is 2. The molecule has 0 bridgehead atoms. The number of nitrogens with zero attached hydrogens (tertiary/aromatic N) is 1. The molecule has 0 aromatic carbocycles. The fourth-order valence-electron chi connectivity index (χ4n) is 0.612. The van der Waals surface area contributed by atoms with Gasteiger partial charge in [0, 0.05) is 7.05 Å². The van der Waals surface area contributed by atoms with E-state index in [1.165, 1.54) is 7.05 Å². The standard InChI is InChI=1S/C5H6ClN3O2/c1-9-4(10)2(7)3(6)8-5(9)11/h7H2,1H3,(H,8,11). The van der Waals surface area contributed by atoms with Gasteiger partial charge in [0.05, 0.1) is 0 Å². The number of rotatable bonds is 0. The van der Waals surface area contributed by atoms with Crippen LogP contribution >= 0.6 is 11.6 Å². The summed E-state index contributed by atoms with van der Waals surface area (Å²) in [5.41, 5.74) is 3.91. The van der Waals surface area contributed by atoms with Crippen LogP contribution in [0.3, 0.4) is 0 Å². The first kappa shape index (κ1) is 7.87. The molecule has 60 valence electrons. The fraction of sp³-hybridized carbons (Fsp3) is 0.200. The van der Waals surface area contributed by atoms with Crippen molar-refractivity contribution in [2.45, 2.75) is 0 Å². The maximum atomic E-state index is 10.9. The predicted octanol–water partition coefficient (Wildman–Crippen LogP) is -0.691. The number of H-pyrrole nitrogens is 1. The highest BCUT2D eigenvalue weighted by atomic mass is 35.5. The lowest BCUT2D eigenvalue weighted by molar-refractivity contribution is 0.780. The van der Waals surface area contributed by atoms with Crippen molar-refractivity contribution >= 4 is 17.3 Å². The molecule has 3 N–H and O–H groups in total. The Bertz CT molecular complexity index is 392. The molecule has 0 atom stereocenters. The zero-order chi connectivity index (χ0) is 8.59. The van der Waals surface area contributed by atoms with E-state index in [9.17, 15) is 9.59 Å². The van der Waals surface area contributed by atoms with E-state index >= 15 is 0 Å². The largest absolute Gasteiger partial charge is 0.392 e. The van der Waals surface area contributed by atoms with Crippen LogP contribution in [0.15, 0.2) is 9.59 Å². The van der Waals surface area contributed by atoms with Gasteiger partial charge in [-0.3, -0.25) is 14.3 Å². The fourth-order valence-corrected chi connectivity index (χ4v) is 0.774. The first-order valence-electron chi connectivity index (χ1n) is 2.78. The third-order valence-electron chi connectivity index (χ3n) is 1.29. The Morgan fingerprint density at radius 1 is 1.55 bits per heavy atom. The molecular weight excluding hydrogens is 170 g/mol. The van der Waals surface area contributed by atoms with Crippen LogP contribution in [-0.2, 0) is 7.05 Å². The monoisotopic (exact) mass is 175 g/mol. The maximum Gasteiger partial charge on any atom is 0.329 e. The van der Waals surface area contributed by atoms with Crippen molar-refractivity contribution in [3.05, 3.63) is 26.0 Å². The van der Waals surface area contributed by atoms with Crippen molar-refractivity contribution in [1.29, 1.82) is 0 Å². The molecule has 0 unspecified atom stereocenters. The normalized spacial score (nSPS) is 10.0. The van der Waals surface area contributed by atoms with Gasteiger partial charge < -0.3 is 5.73 Å². The quantitative estimate of drug-likeness (QED) is 0.512. The third kappa shape index (κ3) is 1.14. The van der Waals surface area contributed by atoms with E-state index in [4.69, 9.17) is 17.3 Å². The summed E-state index contributed by atoms with van der Waals surface area (Å²) in [6.45, 7) is 0. The molecule has 11 heavy (non-hydrogen) atoms. The van der Waals surface area contributed by atoms with Crippen molar-refractivity contribution in [2.24, 2.45) is 7.05 Å². The Hall–Kier alpha value is -1.23. The summed E-state index contributed by atoms with van der Waals surface area (Å²) in [7, 11) is 1.31. The van der Waals surface area contributed by atoms with Crippen LogP contribution in [0.25, 0.3) is 0 Å². The summed E-state index contributed by atoms with van der Waals surface area (Å²) < 4.78 is 0.848. The number of anilines is 1. The predicted molar refractivity (Wildman–Crippen MR) is 41.7 cm³/mol. The first-order valence-corrected chi connectivity index (χ1v) is 3.16. The lowest BCUT2D eigenvalue weighted by Crippen LogP contribution is -2.34. The van der Waals surface area contributed by atoms with Gasteiger partial charge in [0.2, 0.25) is 0 Å². The Morgan fingerprint density at radius 2 is 2.09 bits per heavy atom. The molecule has 0 spiro atoms. The van der Waals surface area contributed by atoms with Crippen LogP contribution in [0.4, 0.5) is 5.69 Å². The summed E-state index contributed by atoms with van der Waals surface area (Å²) in [4.78, 5) is 23.9. The second-order valence-corrected chi connectivity index (χ2v) is 2.40. The topological polar surface area (TPSA) is 80.9 Å². The molecule has 1 aromatic rings. The Labute approximate surface area is 66.4 Å². The third-order valence-corrected chi connectivity index (χ3v) is 1.59. The molecule has 0 aliphatic rings. The molecule has 0 radical (unpaired) electrons. The lowest BCUT2D eigenvalue weighted by atomic mass is 10.5.